The van der Waals surface area contributed by atoms with E-state index in [0.29, 0.717) is 0 Å². The Balaban J connectivity index is 2.82. The third kappa shape index (κ3) is 4.02. The molecule has 0 saturated heterocycles. The summed E-state index contributed by atoms with van der Waals surface area (Å²) in [6, 6.07) is 8.93. The van der Waals surface area contributed by atoms with Gasteiger partial charge in [-0.2, -0.15) is 0 Å². The van der Waals surface area contributed by atoms with E-state index in [1.807, 2.05) is 0 Å². The van der Waals surface area contributed by atoms with Crippen molar-refractivity contribution in [3.8, 4) is 0 Å². The highest BCUT2D eigenvalue weighted by Gasteiger charge is 2.13. The van der Waals surface area contributed by atoms with Gasteiger partial charge in [-0.3, -0.25) is 4.48 Å². The molecule has 2 heteroatoms. The molecule has 1 aromatic carbocycles. The molecule has 0 heterocycles. The van der Waals surface area contributed by atoms with Crippen molar-refractivity contribution in [3.05, 3.63) is 29.8 Å². The molecule has 0 radical (unpaired) electrons. The lowest BCUT2D eigenvalue weighted by Gasteiger charge is -2.25. The van der Waals surface area contributed by atoms with Gasteiger partial charge in [0.2, 0.25) is 0 Å². The van der Waals surface area contributed by atoms with Crippen molar-refractivity contribution in [2.24, 2.45) is 0 Å². The molecule has 0 spiro atoms. The Morgan fingerprint density at radius 2 is 1.27 bits per heavy atom. The van der Waals surface area contributed by atoms with Gasteiger partial charge in [-0.05, 0) is 24.3 Å². The Hall–Kier alpha value is -0.860. The summed E-state index contributed by atoms with van der Waals surface area (Å²) >= 11 is 0. The van der Waals surface area contributed by atoms with Crippen LogP contribution in [-0.2, 0) is 6.54 Å². The predicted molar refractivity (Wildman–Crippen MR) is 67.7 cm³/mol. The predicted octanol–water partition coefficient (Wildman–Crippen LogP) is 2.09. The van der Waals surface area contributed by atoms with Crippen molar-refractivity contribution in [3.63, 3.8) is 0 Å². The Morgan fingerprint density at radius 1 is 0.800 bits per heavy atom. The minimum Gasteiger partial charge on any atom is -0.327 e. The average molecular weight is 208 g/mol. The second-order valence-electron chi connectivity index (χ2n) is 6.13. The zero-order chi connectivity index (χ0) is 11.7. The monoisotopic (exact) mass is 208 g/mol. The molecule has 0 aromatic heterocycles. The Labute approximate surface area is 93.9 Å². The minimum atomic E-state index is 0.880. The van der Waals surface area contributed by atoms with Crippen LogP contribution in [0.25, 0.3) is 0 Å². The first-order valence-electron chi connectivity index (χ1n) is 5.40. The van der Waals surface area contributed by atoms with E-state index in [2.05, 4.69) is 66.6 Å². The van der Waals surface area contributed by atoms with Gasteiger partial charge in [0.1, 0.15) is 12.2 Å². The second-order valence-corrected chi connectivity index (χ2v) is 6.13. The summed E-state index contributed by atoms with van der Waals surface area (Å²) in [7, 11) is 13.2. The standard InChI is InChI=1S/C13H24N2/c1-14(2,3)11-12-7-9-13(10-8-12)15(4,5)6/h7-10H,11H2,1-6H3/q+2. The fourth-order valence-corrected chi connectivity index (χ4v) is 1.60. The van der Waals surface area contributed by atoms with Crippen LogP contribution in [0, 0.1) is 0 Å². The van der Waals surface area contributed by atoms with Gasteiger partial charge in [-0.15, -0.1) is 0 Å². The Bertz CT molecular complexity index is 312. The lowest BCUT2D eigenvalue weighted by atomic mass is 10.1. The lowest BCUT2D eigenvalue weighted by Crippen LogP contribution is -2.35. The highest BCUT2D eigenvalue weighted by Crippen LogP contribution is 2.18. The van der Waals surface area contributed by atoms with Crippen molar-refractivity contribution < 1.29 is 4.48 Å². The molecular weight excluding hydrogens is 184 g/mol. The fraction of sp³-hybridized carbons (Fsp3) is 0.538. The molecule has 0 fully saturated rings. The number of benzene rings is 1. The zero-order valence-electron chi connectivity index (χ0n) is 10.9. The SMILES string of the molecule is C[N+](C)(C)Cc1ccc([N+](C)(C)C)cc1. The maximum absolute atomic E-state index is 2.24. The van der Waals surface area contributed by atoms with Crippen molar-refractivity contribution >= 4 is 5.69 Å². The average Bonchev–Trinajstić information content (AvgIpc) is 2.00. The molecule has 0 aliphatic heterocycles. The van der Waals surface area contributed by atoms with E-state index in [1.165, 1.54) is 11.3 Å². The summed E-state index contributed by atoms with van der Waals surface area (Å²) in [6.45, 7) is 1.08. The van der Waals surface area contributed by atoms with Crippen molar-refractivity contribution in [2.75, 3.05) is 42.3 Å². The molecule has 15 heavy (non-hydrogen) atoms. The fourth-order valence-electron chi connectivity index (χ4n) is 1.60. The molecule has 0 atom stereocenters. The van der Waals surface area contributed by atoms with Gasteiger partial charge in [-0.1, -0.05) is 0 Å². The van der Waals surface area contributed by atoms with Crippen LogP contribution in [0.2, 0.25) is 0 Å². The highest BCUT2D eigenvalue weighted by molar-refractivity contribution is 5.42. The van der Waals surface area contributed by atoms with E-state index in [9.17, 15) is 0 Å². The topological polar surface area (TPSA) is 0 Å². The van der Waals surface area contributed by atoms with Crippen LogP contribution in [0.4, 0.5) is 5.69 Å². The first-order valence-corrected chi connectivity index (χ1v) is 5.40. The molecule has 0 aliphatic carbocycles. The Morgan fingerprint density at radius 3 is 1.60 bits per heavy atom. The number of quaternary nitrogens is 2. The first-order chi connectivity index (χ1) is 6.68. The third-order valence-corrected chi connectivity index (χ3v) is 2.37. The quantitative estimate of drug-likeness (QED) is 0.667. The molecule has 0 unspecified atom stereocenters. The summed E-state index contributed by atoms with van der Waals surface area (Å²) in [5.41, 5.74) is 2.75. The molecule has 0 aliphatic rings. The van der Waals surface area contributed by atoms with Crippen molar-refractivity contribution in [2.45, 2.75) is 6.54 Å². The summed E-state index contributed by atoms with van der Waals surface area (Å²) in [6.07, 6.45) is 0. The van der Waals surface area contributed by atoms with Gasteiger partial charge in [-0.25, -0.2) is 0 Å². The van der Waals surface area contributed by atoms with Crippen LogP contribution in [-0.4, -0.2) is 46.8 Å². The minimum absolute atomic E-state index is 0.880. The summed E-state index contributed by atoms with van der Waals surface area (Å²) in [5, 5.41) is 0. The smallest absolute Gasteiger partial charge is 0.132 e. The third-order valence-electron chi connectivity index (χ3n) is 2.37. The van der Waals surface area contributed by atoms with Crippen LogP contribution in [0.15, 0.2) is 24.3 Å². The van der Waals surface area contributed by atoms with Crippen LogP contribution < -0.4 is 4.48 Å². The van der Waals surface area contributed by atoms with Crippen LogP contribution in [0.5, 0.6) is 0 Å². The number of hydrogen-bond acceptors (Lipinski definition) is 0. The largest absolute Gasteiger partial charge is 0.327 e. The lowest BCUT2D eigenvalue weighted by molar-refractivity contribution is -0.884. The summed E-state index contributed by atoms with van der Waals surface area (Å²) < 4.78 is 1.86. The molecule has 0 bridgehead atoms. The molecule has 1 aromatic rings. The van der Waals surface area contributed by atoms with Gasteiger partial charge in [0, 0.05) is 5.56 Å². The number of nitrogens with zero attached hydrogens (tertiary/aromatic N) is 2. The number of rotatable bonds is 3. The maximum atomic E-state index is 2.24. The van der Waals surface area contributed by atoms with Crippen LogP contribution in [0.3, 0.4) is 0 Å². The van der Waals surface area contributed by atoms with Gasteiger partial charge >= 0.3 is 0 Å². The summed E-state index contributed by atoms with van der Waals surface area (Å²) in [5.74, 6) is 0. The maximum Gasteiger partial charge on any atom is 0.132 e. The number of hydrogen-bond donors (Lipinski definition) is 0. The molecule has 0 N–H and O–H groups in total. The van der Waals surface area contributed by atoms with Gasteiger partial charge in [0.05, 0.1) is 42.3 Å². The van der Waals surface area contributed by atoms with Crippen LogP contribution >= 0.6 is 0 Å². The van der Waals surface area contributed by atoms with Gasteiger partial charge < -0.3 is 4.48 Å². The van der Waals surface area contributed by atoms with Gasteiger partial charge in [0.15, 0.2) is 0 Å². The van der Waals surface area contributed by atoms with Crippen molar-refractivity contribution in [1.29, 1.82) is 0 Å². The van der Waals surface area contributed by atoms with E-state index >= 15 is 0 Å². The highest BCUT2D eigenvalue weighted by atomic mass is 15.3. The molecule has 0 saturated carbocycles. The normalized spacial score (nSPS) is 12.9. The van der Waals surface area contributed by atoms with Crippen molar-refractivity contribution in [1.82, 2.24) is 4.48 Å². The molecule has 84 valence electrons. The van der Waals surface area contributed by atoms with E-state index < -0.39 is 0 Å². The molecule has 2 nitrogen and oxygen atoms in total. The molecule has 1 rings (SSSR count). The second kappa shape index (κ2) is 3.95. The first kappa shape index (κ1) is 12.2. The van der Waals surface area contributed by atoms with Crippen LogP contribution in [0.1, 0.15) is 5.56 Å². The van der Waals surface area contributed by atoms with E-state index in [4.69, 9.17) is 0 Å². The summed E-state index contributed by atoms with van der Waals surface area (Å²) in [4.78, 5) is 0. The zero-order valence-corrected chi connectivity index (χ0v) is 10.9. The molecular formula is C13H24N2+2. The molecule has 0 amide bonds. The van der Waals surface area contributed by atoms with E-state index in [-0.39, 0.29) is 0 Å². The van der Waals surface area contributed by atoms with E-state index in [1.54, 1.807) is 0 Å². The Kier molecular flexibility index (Phi) is 3.22. The van der Waals surface area contributed by atoms with E-state index in [0.717, 1.165) is 15.5 Å². The van der Waals surface area contributed by atoms with Gasteiger partial charge in [0.25, 0.3) is 0 Å².